The van der Waals surface area contributed by atoms with Gasteiger partial charge in [0.2, 0.25) is 11.9 Å². The van der Waals surface area contributed by atoms with E-state index in [1.807, 2.05) is 6.07 Å². The fourth-order valence-corrected chi connectivity index (χ4v) is 2.78. The molecule has 1 heterocycles. The molecule has 2 N–H and O–H groups in total. The van der Waals surface area contributed by atoms with Gasteiger partial charge < -0.3 is 10.6 Å². The van der Waals surface area contributed by atoms with Crippen molar-refractivity contribution in [2.45, 2.75) is 57.4 Å². The molecule has 1 saturated carbocycles. The van der Waals surface area contributed by atoms with Gasteiger partial charge >= 0.3 is 0 Å². The zero-order chi connectivity index (χ0) is 14.4. The van der Waals surface area contributed by atoms with E-state index >= 15 is 0 Å². The third kappa shape index (κ3) is 3.68. The number of nitrogens with zero attached hydrogens (tertiary/aromatic N) is 2. The minimum Gasteiger partial charge on any atom is -0.357 e. The van der Waals surface area contributed by atoms with Crippen LogP contribution in [0.2, 0.25) is 0 Å². The van der Waals surface area contributed by atoms with Crippen LogP contribution in [-0.4, -0.2) is 29.0 Å². The first-order valence-electron chi connectivity index (χ1n) is 7.55. The van der Waals surface area contributed by atoms with Crippen LogP contribution in [0.5, 0.6) is 0 Å². The predicted molar refractivity (Wildman–Crippen MR) is 79.6 cm³/mol. The Kier molecular flexibility index (Phi) is 5.32. The number of carbonyl (C=O) groups excluding carboxylic acids is 1. The molecule has 1 aromatic heterocycles. The van der Waals surface area contributed by atoms with Crippen molar-refractivity contribution in [2.24, 2.45) is 0 Å². The second-order valence-corrected chi connectivity index (χ2v) is 5.39. The average molecular weight is 276 g/mol. The van der Waals surface area contributed by atoms with E-state index in [0.717, 1.165) is 18.5 Å². The van der Waals surface area contributed by atoms with Gasteiger partial charge in [0, 0.05) is 24.9 Å². The topological polar surface area (TPSA) is 66.9 Å². The van der Waals surface area contributed by atoms with Crippen LogP contribution in [-0.2, 0) is 4.79 Å². The van der Waals surface area contributed by atoms with Gasteiger partial charge in [0.1, 0.15) is 6.04 Å². The Bertz CT molecular complexity index is 443. The number of carbonyl (C=O) groups is 1. The summed E-state index contributed by atoms with van der Waals surface area (Å²) in [6, 6.07) is 1.74. The molecule has 1 aliphatic carbocycles. The fraction of sp³-hybridized carbons (Fsp3) is 0.667. The highest BCUT2D eigenvalue weighted by Gasteiger charge is 2.20. The Balaban J connectivity index is 2.07. The molecular weight excluding hydrogens is 252 g/mol. The minimum atomic E-state index is -0.260. The summed E-state index contributed by atoms with van der Waals surface area (Å²) in [6.07, 6.45) is 8.50. The number of anilines is 1. The van der Waals surface area contributed by atoms with Crippen LogP contribution >= 0.6 is 0 Å². The van der Waals surface area contributed by atoms with Gasteiger partial charge in [-0.3, -0.25) is 4.79 Å². The monoisotopic (exact) mass is 276 g/mol. The van der Waals surface area contributed by atoms with Gasteiger partial charge in [-0.15, -0.1) is 0 Å². The minimum absolute atomic E-state index is 0.0123. The van der Waals surface area contributed by atoms with E-state index in [2.05, 4.69) is 27.5 Å². The van der Waals surface area contributed by atoms with E-state index in [0.29, 0.717) is 11.9 Å². The van der Waals surface area contributed by atoms with Crippen LogP contribution in [0.15, 0.2) is 12.3 Å². The molecule has 0 radical (unpaired) electrons. The molecule has 0 aliphatic heterocycles. The third-order valence-electron chi connectivity index (χ3n) is 3.89. The number of hydrogen-bond acceptors (Lipinski definition) is 4. The molecule has 0 bridgehead atoms. The Morgan fingerprint density at radius 2 is 2.20 bits per heavy atom. The molecule has 1 fully saturated rings. The van der Waals surface area contributed by atoms with E-state index in [1.54, 1.807) is 13.2 Å². The molecule has 110 valence electrons. The first-order valence-corrected chi connectivity index (χ1v) is 7.55. The highest BCUT2D eigenvalue weighted by atomic mass is 16.2. The van der Waals surface area contributed by atoms with Crippen LogP contribution in [0.1, 0.15) is 57.1 Å². The quantitative estimate of drug-likeness (QED) is 0.837. The third-order valence-corrected chi connectivity index (χ3v) is 3.89. The maximum atomic E-state index is 11.8. The molecule has 1 amide bonds. The maximum absolute atomic E-state index is 11.8. The van der Waals surface area contributed by atoms with Crippen LogP contribution in [0.3, 0.4) is 0 Å². The fourth-order valence-electron chi connectivity index (χ4n) is 2.78. The highest BCUT2D eigenvalue weighted by Crippen LogP contribution is 2.33. The second kappa shape index (κ2) is 7.22. The number of aromatic nitrogens is 2. The second-order valence-electron chi connectivity index (χ2n) is 5.39. The standard InChI is InChI=1S/C15H24N4O/c1-3-6-13(14(20)16-2)19-15-17-10-9-12(18-15)11-7-4-5-8-11/h9-11,13H,3-8H2,1-2H3,(H,16,20)(H,17,18,19)/t13-/m1/s1. The lowest BCUT2D eigenvalue weighted by Crippen LogP contribution is -2.38. The lowest BCUT2D eigenvalue weighted by atomic mass is 10.0. The molecule has 20 heavy (non-hydrogen) atoms. The first-order chi connectivity index (χ1) is 9.74. The lowest BCUT2D eigenvalue weighted by Gasteiger charge is -2.17. The number of amides is 1. The molecule has 2 rings (SSSR count). The molecule has 0 aromatic carbocycles. The maximum Gasteiger partial charge on any atom is 0.242 e. The molecule has 1 atom stereocenters. The van der Waals surface area contributed by atoms with Gasteiger partial charge in [0.05, 0.1) is 0 Å². The van der Waals surface area contributed by atoms with Crippen LogP contribution in [0.4, 0.5) is 5.95 Å². The van der Waals surface area contributed by atoms with Crippen LogP contribution in [0.25, 0.3) is 0 Å². The Morgan fingerprint density at radius 3 is 2.85 bits per heavy atom. The van der Waals surface area contributed by atoms with Crippen molar-refractivity contribution in [2.75, 3.05) is 12.4 Å². The summed E-state index contributed by atoms with van der Waals surface area (Å²) in [5.74, 6) is 1.11. The predicted octanol–water partition coefficient (Wildman–Crippen LogP) is 2.46. The van der Waals surface area contributed by atoms with Crippen molar-refractivity contribution < 1.29 is 4.79 Å². The summed E-state index contributed by atoms with van der Waals surface area (Å²) in [7, 11) is 1.66. The molecule has 0 unspecified atom stereocenters. The summed E-state index contributed by atoms with van der Waals surface area (Å²) in [5, 5.41) is 5.84. The molecule has 0 spiro atoms. The molecule has 1 aliphatic rings. The van der Waals surface area contributed by atoms with Crippen molar-refractivity contribution in [1.29, 1.82) is 0 Å². The summed E-state index contributed by atoms with van der Waals surface area (Å²) in [5.41, 5.74) is 1.10. The lowest BCUT2D eigenvalue weighted by molar-refractivity contribution is -0.121. The highest BCUT2D eigenvalue weighted by molar-refractivity contribution is 5.83. The van der Waals surface area contributed by atoms with E-state index in [9.17, 15) is 4.79 Å². The van der Waals surface area contributed by atoms with Gasteiger partial charge in [-0.25, -0.2) is 9.97 Å². The van der Waals surface area contributed by atoms with Crippen molar-refractivity contribution in [3.8, 4) is 0 Å². The largest absolute Gasteiger partial charge is 0.357 e. The molecule has 5 heteroatoms. The van der Waals surface area contributed by atoms with Crippen molar-refractivity contribution in [3.05, 3.63) is 18.0 Å². The zero-order valence-corrected chi connectivity index (χ0v) is 12.4. The van der Waals surface area contributed by atoms with Gasteiger partial charge in [-0.1, -0.05) is 26.2 Å². The number of likely N-dealkylation sites (N-methyl/N-ethyl adjacent to an activating group) is 1. The molecule has 1 aromatic rings. The molecule has 0 saturated heterocycles. The van der Waals surface area contributed by atoms with Crippen LogP contribution < -0.4 is 10.6 Å². The van der Waals surface area contributed by atoms with Gasteiger partial charge in [0.25, 0.3) is 0 Å². The number of nitrogens with one attached hydrogen (secondary N) is 2. The van der Waals surface area contributed by atoms with Crippen LogP contribution in [0, 0.1) is 0 Å². The Labute approximate surface area is 120 Å². The van der Waals surface area contributed by atoms with Gasteiger partial charge in [-0.05, 0) is 25.3 Å². The van der Waals surface area contributed by atoms with E-state index in [-0.39, 0.29) is 11.9 Å². The average Bonchev–Trinajstić information content (AvgIpc) is 3.00. The SMILES string of the molecule is CCC[C@@H](Nc1nccc(C2CCCC2)n1)C(=O)NC. The summed E-state index contributed by atoms with van der Waals surface area (Å²) < 4.78 is 0. The first kappa shape index (κ1) is 14.8. The normalized spacial score (nSPS) is 16.9. The number of hydrogen-bond donors (Lipinski definition) is 2. The van der Waals surface area contributed by atoms with Crippen molar-refractivity contribution >= 4 is 11.9 Å². The molecule has 5 nitrogen and oxygen atoms in total. The van der Waals surface area contributed by atoms with Crippen molar-refractivity contribution in [1.82, 2.24) is 15.3 Å². The van der Waals surface area contributed by atoms with Crippen molar-refractivity contribution in [3.63, 3.8) is 0 Å². The summed E-state index contributed by atoms with van der Waals surface area (Å²) in [6.45, 7) is 2.06. The summed E-state index contributed by atoms with van der Waals surface area (Å²) >= 11 is 0. The number of rotatable bonds is 6. The van der Waals surface area contributed by atoms with E-state index < -0.39 is 0 Å². The summed E-state index contributed by atoms with van der Waals surface area (Å²) in [4.78, 5) is 20.7. The van der Waals surface area contributed by atoms with Gasteiger partial charge in [-0.2, -0.15) is 0 Å². The molecular formula is C15H24N4O. The zero-order valence-electron chi connectivity index (χ0n) is 12.4. The Morgan fingerprint density at radius 1 is 1.45 bits per heavy atom. The van der Waals surface area contributed by atoms with E-state index in [1.165, 1.54) is 25.7 Å². The Hall–Kier alpha value is -1.65. The van der Waals surface area contributed by atoms with Gasteiger partial charge in [0.15, 0.2) is 0 Å². The smallest absolute Gasteiger partial charge is 0.242 e. The van der Waals surface area contributed by atoms with E-state index in [4.69, 9.17) is 0 Å².